The molecule has 0 aliphatic heterocycles. The number of aromatic nitrogens is 1. The van der Waals surface area contributed by atoms with Crippen molar-refractivity contribution in [1.29, 1.82) is 0 Å². The Labute approximate surface area is 195 Å². The maximum absolute atomic E-state index is 14.8. The topological polar surface area (TPSA) is 113 Å². The summed E-state index contributed by atoms with van der Waals surface area (Å²) in [5, 5.41) is -0.0545. The van der Waals surface area contributed by atoms with Crippen molar-refractivity contribution in [2.45, 2.75) is 29.8 Å². The van der Waals surface area contributed by atoms with E-state index in [1.165, 1.54) is 39.3 Å². The van der Waals surface area contributed by atoms with Crippen LogP contribution in [0.15, 0.2) is 58.4 Å². The minimum absolute atomic E-state index is 0.0545. The Morgan fingerprint density at radius 3 is 2.06 bits per heavy atom. The van der Waals surface area contributed by atoms with Gasteiger partial charge in [0.2, 0.25) is 17.3 Å². The lowest BCUT2D eigenvalue weighted by Gasteiger charge is -2.33. The Bertz CT molecular complexity index is 1130. The fourth-order valence-corrected chi connectivity index (χ4v) is 7.50. The largest absolute Gasteiger partial charge is 0.497 e. The van der Waals surface area contributed by atoms with Crippen molar-refractivity contribution in [2.24, 2.45) is 4.74 Å². The molecular weight excluding hydrogens is 500 g/mol. The third-order valence-electron chi connectivity index (χ3n) is 4.46. The smallest absolute Gasteiger partial charge is 0.439 e. The molecule has 1 aromatic heterocycles. The summed E-state index contributed by atoms with van der Waals surface area (Å²) < 4.78 is 95.4. The first-order chi connectivity index (χ1) is 16.0. The van der Waals surface area contributed by atoms with Crippen molar-refractivity contribution < 1.29 is 44.9 Å². The van der Waals surface area contributed by atoms with Crippen LogP contribution in [-0.4, -0.2) is 57.9 Å². The van der Waals surface area contributed by atoms with Gasteiger partial charge in [0.15, 0.2) is 0 Å². The molecule has 0 saturated heterocycles. The maximum atomic E-state index is 14.8. The first-order valence-electron chi connectivity index (χ1n) is 9.82. The van der Waals surface area contributed by atoms with Gasteiger partial charge in [-0.1, -0.05) is 0 Å². The number of alkyl halides is 3. The molecule has 1 aromatic carbocycles. The molecule has 34 heavy (non-hydrogen) atoms. The van der Waals surface area contributed by atoms with Gasteiger partial charge in [0.05, 0.1) is 37.6 Å². The summed E-state index contributed by atoms with van der Waals surface area (Å²) >= 11 is 0. The van der Waals surface area contributed by atoms with E-state index in [0.717, 1.165) is 30.5 Å². The fraction of sp³-hybridized carbons (Fsp3) is 0.400. The molecule has 0 spiro atoms. The SMILES string of the molecule is CCOP(=NC(C(=O)OC)(C(F)(F)F)S(=O)(=O)c1ccc(OC)cc1)(OCC)c1cccnc1. The number of hydrogen-bond donors (Lipinski definition) is 0. The van der Waals surface area contributed by atoms with Crippen LogP contribution in [-0.2, 0) is 28.4 Å². The van der Waals surface area contributed by atoms with E-state index in [4.69, 9.17) is 13.8 Å². The van der Waals surface area contributed by atoms with Gasteiger partial charge in [-0.3, -0.25) is 4.98 Å². The molecule has 2 rings (SSSR count). The monoisotopic (exact) mass is 524 g/mol. The molecule has 9 nitrogen and oxygen atoms in total. The van der Waals surface area contributed by atoms with Crippen LogP contribution >= 0.6 is 7.51 Å². The minimum Gasteiger partial charge on any atom is -0.497 e. The first-order valence-corrected chi connectivity index (χ1v) is 12.9. The van der Waals surface area contributed by atoms with Gasteiger partial charge in [0.1, 0.15) is 5.75 Å². The highest BCUT2D eigenvalue weighted by molar-refractivity contribution is 7.94. The van der Waals surface area contributed by atoms with Gasteiger partial charge in [-0.25, -0.2) is 18.0 Å². The second kappa shape index (κ2) is 10.9. The highest BCUT2D eigenvalue weighted by Gasteiger charge is 2.72. The molecule has 0 aliphatic rings. The quantitative estimate of drug-likeness (QED) is 0.341. The minimum atomic E-state index is -5.76. The summed E-state index contributed by atoms with van der Waals surface area (Å²) in [4.78, 5) is 11.4. The predicted molar refractivity (Wildman–Crippen MR) is 117 cm³/mol. The Balaban J connectivity index is 3.08. The second-order valence-corrected chi connectivity index (χ2v) is 10.8. The zero-order valence-corrected chi connectivity index (χ0v) is 20.5. The molecule has 0 fully saturated rings. The lowest BCUT2D eigenvalue weighted by atomic mass is 10.3. The van der Waals surface area contributed by atoms with Gasteiger partial charge in [-0.15, -0.1) is 0 Å². The van der Waals surface area contributed by atoms with E-state index in [1.807, 2.05) is 0 Å². The number of halogens is 3. The molecule has 188 valence electrons. The van der Waals surface area contributed by atoms with Crippen LogP contribution < -0.4 is 10.0 Å². The van der Waals surface area contributed by atoms with E-state index < -0.39 is 39.3 Å². The molecule has 0 radical (unpaired) electrons. The first kappa shape index (κ1) is 27.8. The number of hydrogen-bond acceptors (Lipinski definition) is 9. The lowest BCUT2D eigenvalue weighted by Crippen LogP contribution is -2.57. The number of sulfone groups is 1. The molecular formula is C20H24F3N2O7PS. The number of carbonyl (C=O) groups excluding carboxylic acids is 1. The van der Waals surface area contributed by atoms with Gasteiger partial charge in [0.25, 0.3) is 0 Å². The Morgan fingerprint density at radius 1 is 1.06 bits per heavy atom. The van der Waals surface area contributed by atoms with E-state index in [1.54, 1.807) is 0 Å². The van der Waals surface area contributed by atoms with Gasteiger partial charge < -0.3 is 18.5 Å². The average Bonchev–Trinajstić information content (AvgIpc) is 2.81. The standard InChI is InChI=1S/C20H24F3N2O7PS/c1-5-31-33(32-6-2,16-8-7-13-24-14-16)25-19(18(26)30-4,20(21,22)23)34(27,28)17-11-9-15(29-3)10-12-17/h7-14H,5-6H2,1-4H3. The van der Waals surface area contributed by atoms with Crippen molar-refractivity contribution in [1.82, 2.24) is 4.98 Å². The number of ether oxygens (including phenoxy) is 2. The molecule has 1 atom stereocenters. The van der Waals surface area contributed by atoms with Crippen LogP contribution in [0.4, 0.5) is 13.2 Å². The van der Waals surface area contributed by atoms with Gasteiger partial charge in [-0.05, 0) is 50.2 Å². The highest BCUT2D eigenvalue weighted by Crippen LogP contribution is 2.57. The predicted octanol–water partition coefficient (Wildman–Crippen LogP) is 3.73. The summed E-state index contributed by atoms with van der Waals surface area (Å²) in [6.07, 6.45) is -3.27. The molecule has 14 heteroatoms. The molecule has 0 aliphatic carbocycles. The van der Waals surface area contributed by atoms with E-state index in [2.05, 4.69) is 14.5 Å². The lowest BCUT2D eigenvalue weighted by molar-refractivity contribution is -0.185. The average molecular weight is 524 g/mol. The van der Waals surface area contributed by atoms with E-state index in [0.29, 0.717) is 7.11 Å². The molecule has 0 bridgehead atoms. The number of esters is 1. The Kier molecular flexibility index (Phi) is 8.86. The van der Waals surface area contributed by atoms with Crippen LogP contribution in [0.5, 0.6) is 5.75 Å². The van der Waals surface area contributed by atoms with E-state index in [9.17, 15) is 26.4 Å². The summed E-state index contributed by atoms with van der Waals surface area (Å²) in [5.74, 6) is -1.98. The van der Waals surface area contributed by atoms with Crippen LogP contribution in [0.1, 0.15) is 13.8 Å². The van der Waals surface area contributed by atoms with Crippen LogP contribution in [0, 0.1) is 0 Å². The maximum Gasteiger partial charge on any atom is 0.439 e. The summed E-state index contributed by atoms with van der Waals surface area (Å²) in [6, 6.07) is 6.74. The third kappa shape index (κ3) is 4.97. The van der Waals surface area contributed by atoms with Crippen molar-refractivity contribution in [3.63, 3.8) is 0 Å². The van der Waals surface area contributed by atoms with Crippen molar-refractivity contribution >= 4 is 28.6 Å². The summed E-state index contributed by atoms with van der Waals surface area (Å²) in [7, 11) is -7.91. The zero-order valence-electron chi connectivity index (χ0n) is 18.8. The molecule has 0 amide bonds. The van der Waals surface area contributed by atoms with Gasteiger partial charge >= 0.3 is 17.0 Å². The Morgan fingerprint density at radius 2 is 1.65 bits per heavy atom. The normalized spacial score (nSPS) is 14.2. The van der Waals surface area contributed by atoms with Crippen molar-refractivity contribution in [3.8, 4) is 5.75 Å². The van der Waals surface area contributed by atoms with Crippen molar-refractivity contribution in [3.05, 3.63) is 48.8 Å². The van der Waals surface area contributed by atoms with Crippen LogP contribution in [0.2, 0.25) is 0 Å². The number of carbonyl (C=O) groups is 1. The van der Waals surface area contributed by atoms with Crippen LogP contribution in [0.25, 0.3) is 0 Å². The second-order valence-electron chi connectivity index (χ2n) is 6.48. The molecule has 2 aromatic rings. The summed E-state index contributed by atoms with van der Waals surface area (Å²) in [6.45, 7) is 2.52. The number of benzene rings is 1. The number of nitrogens with zero attached hydrogens (tertiary/aromatic N) is 2. The molecule has 1 unspecified atom stereocenters. The highest BCUT2D eigenvalue weighted by atomic mass is 32.2. The third-order valence-corrected chi connectivity index (χ3v) is 9.45. The van der Waals surface area contributed by atoms with E-state index >= 15 is 0 Å². The molecule has 1 heterocycles. The Hall–Kier alpha value is -2.47. The molecule has 0 N–H and O–H groups in total. The summed E-state index contributed by atoms with van der Waals surface area (Å²) in [5.41, 5.74) is 0. The van der Waals surface area contributed by atoms with Gasteiger partial charge in [0, 0.05) is 12.4 Å². The molecule has 0 saturated carbocycles. The fourth-order valence-electron chi connectivity index (χ4n) is 2.95. The van der Waals surface area contributed by atoms with E-state index in [-0.39, 0.29) is 24.3 Å². The van der Waals surface area contributed by atoms with Crippen LogP contribution in [0.3, 0.4) is 0 Å². The van der Waals surface area contributed by atoms with Crippen molar-refractivity contribution in [2.75, 3.05) is 27.4 Å². The number of rotatable bonds is 10. The number of methoxy groups -OCH3 is 2. The number of pyridine rings is 1. The van der Waals surface area contributed by atoms with Gasteiger partial charge in [-0.2, -0.15) is 13.2 Å². The zero-order chi connectivity index (χ0) is 25.6.